The molecule has 0 saturated heterocycles. The van der Waals surface area contributed by atoms with Gasteiger partial charge in [0.25, 0.3) is 0 Å². The van der Waals surface area contributed by atoms with Crippen molar-refractivity contribution in [2.24, 2.45) is 0 Å². The van der Waals surface area contributed by atoms with Crippen molar-refractivity contribution >= 4 is 21.6 Å². The Kier molecular flexibility index (Phi) is 6.62. The first kappa shape index (κ1) is 18.7. The minimum Gasteiger partial charge on any atom is -0.369 e. The minimum absolute atomic E-state index is 0.0846. The number of anilines is 1. The zero-order valence-corrected chi connectivity index (χ0v) is 15.1. The van der Waals surface area contributed by atoms with Gasteiger partial charge in [0, 0.05) is 19.7 Å². The molecule has 1 atom stereocenters. The number of unbranched alkanes of at least 4 members (excludes halogenated alkanes) is 1. The number of benzene rings is 1. The van der Waals surface area contributed by atoms with Crippen LogP contribution in [0.2, 0.25) is 0 Å². The molecule has 1 amide bonds. The standard InChI is InChI=1S/C17H26N2O4S/c1-3-4-12-23-14(2)17(20)18-10-13-24(21,22)19-11-9-15-7-5-6-8-16(15)19/h5-8,14H,3-4,9-13H2,1-2H3,(H,18,20). The van der Waals surface area contributed by atoms with Crippen LogP contribution in [0, 0.1) is 0 Å². The largest absolute Gasteiger partial charge is 0.369 e. The van der Waals surface area contributed by atoms with Crippen LogP contribution in [0.3, 0.4) is 0 Å². The van der Waals surface area contributed by atoms with Gasteiger partial charge in [-0.1, -0.05) is 31.5 Å². The van der Waals surface area contributed by atoms with E-state index in [2.05, 4.69) is 12.2 Å². The molecule has 0 aliphatic carbocycles. The third-order valence-electron chi connectivity index (χ3n) is 4.07. The van der Waals surface area contributed by atoms with Gasteiger partial charge in [-0.2, -0.15) is 0 Å². The van der Waals surface area contributed by atoms with Crippen molar-refractivity contribution in [2.45, 2.75) is 39.2 Å². The van der Waals surface area contributed by atoms with Crippen molar-refractivity contribution in [1.29, 1.82) is 0 Å². The summed E-state index contributed by atoms with van der Waals surface area (Å²) in [6.07, 6.45) is 2.07. The van der Waals surface area contributed by atoms with Crippen LogP contribution in [-0.4, -0.2) is 45.9 Å². The summed E-state index contributed by atoms with van der Waals surface area (Å²) in [5, 5.41) is 2.64. The Morgan fingerprint density at radius 1 is 1.38 bits per heavy atom. The van der Waals surface area contributed by atoms with Crippen LogP contribution in [0.1, 0.15) is 32.3 Å². The monoisotopic (exact) mass is 354 g/mol. The first-order chi connectivity index (χ1) is 11.5. The number of ether oxygens (including phenoxy) is 1. The van der Waals surface area contributed by atoms with Gasteiger partial charge in [-0.3, -0.25) is 9.10 Å². The summed E-state index contributed by atoms with van der Waals surface area (Å²) in [5.74, 6) is -0.391. The average molecular weight is 354 g/mol. The van der Waals surface area contributed by atoms with E-state index >= 15 is 0 Å². The Morgan fingerprint density at radius 2 is 2.12 bits per heavy atom. The van der Waals surface area contributed by atoms with Gasteiger partial charge >= 0.3 is 0 Å². The Labute approximate surface area is 144 Å². The second kappa shape index (κ2) is 8.48. The second-order valence-electron chi connectivity index (χ2n) is 5.92. The third kappa shape index (κ3) is 4.70. The quantitative estimate of drug-likeness (QED) is 0.685. The SMILES string of the molecule is CCCCOC(C)C(=O)NCCS(=O)(=O)N1CCc2ccccc21. The van der Waals surface area contributed by atoms with Crippen molar-refractivity contribution in [2.75, 3.05) is 29.8 Å². The first-order valence-corrected chi connectivity index (χ1v) is 10.0. The fourth-order valence-electron chi connectivity index (χ4n) is 2.63. The third-order valence-corrected chi connectivity index (χ3v) is 5.85. The molecule has 0 bridgehead atoms. The lowest BCUT2D eigenvalue weighted by atomic mass is 10.2. The highest BCUT2D eigenvalue weighted by molar-refractivity contribution is 7.92. The van der Waals surface area contributed by atoms with E-state index in [9.17, 15) is 13.2 Å². The number of rotatable bonds is 9. The molecule has 1 aromatic rings. The van der Waals surface area contributed by atoms with E-state index in [-0.39, 0.29) is 18.2 Å². The first-order valence-electron chi connectivity index (χ1n) is 8.43. The van der Waals surface area contributed by atoms with Gasteiger partial charge in [0.05, 0.1) is 11.4 Å². The van der Waals surface area contributed by atoms with Crippen molar-refractivity contribution in [3.8, 4) is 0 Å². The summed E-state index contributed by atoms with van der Waals surface area (Å²) in [6.45, 7) is 4.81. The maximum absolute atomic E-state index is 12.5. The van der Waals surface area contributed by atoms with E-state index in [1.165, 1.54) is 4.31 Å². The van der Waals surface area contributed by atoms with Gasteiger partial charge in [-0.05, 0) is 31.4 Å². The number of nitrogens with one attached hydrogen (secondary N) is 1. The van der Waals surface area contributed by atoms with E-state index in [4.69, 9.17) is 4.74 Å². The molecule has 1 unspecified atom stereocenters. The molecular formula is C17H26N2O4S. The number of fused-ring (bicyclic) bond motifs is 1. The summed E-state index contributed by atoms with van der Waals surface area (Å²) >= 11 is 0. The number of hydrogen-bond donors (Lipinski definition) is 1. The lowest BCUT2D eigenvalue weighted by Crippen LogP contribution is -2.40. The molecule has 24 heavy (non-hydrogen) atoms. The molecular weight excluding hydrogens is 328 g/mol. The average Bonchev–Trinajstić information content (AvgIpc) is 2.99. The van der Waals surface area contributed by atoms with Gasteiger partial charge in [-0.15, -0.1) is 0 Å². The molecule has 1 heterocycles. The minimum atomic E-state index is -3.44. The van der Waals surface area contributed by atoms with Crippen molar-refractivity contribution in [1.82, 2.24) is 5.32 Å². The summed E-state index contributed by atoms with van der Waals surface area (Å²) in [4.78, 5) is 11.9. The van der Waals surface area contributed by atoms with Gasteiger partial charge in [-0.25, -0.2) is 8.42 Å². The maximum Gasteiger partial charge on any atom is 0.248 e. The van der Waals surface area contributed by atoms with E-state index < -0.39 is 16.1 Å². The molecule has 2 rings (SSSR count). The highest BCUT2D eigenvalue weighted by atomic mass is 32.2. The highest BCUT2D eigenvalue weighted by Crippen LogP contribution is 2.29. The predicted octanol–water partition coefficient (Wildman–Crippen LogP) is 1.70. The molecule has 1 aliphatic heterocycles. The Hall–Kier alpha value is -1.60. The normalized spacial score (nSPS) is 15.2. The molecule has 134 valence electrons. The zero-order chi connectivity index (χ0) is 17.6. The fraction of sp³-hybridized carbons (Fsp3) is 0.588. The number of carbonyl (C=O) groups excluding carboxylic acids is 1. The Bertz CT molecular complexity index is 660. The van der Waals surface area contributed by atoms with Crippen LogP contribution < -0.4 is 9.62 Å². The van der Waals surface area contributed by atoms with Gasteiger partial charge in [0.1, 0.15) is 6.10 Å². The Balaban J connectivity index is 1.82. The summed E-state index contributed by atoms with van der Waals surface area (Å²) in [6, 6.07) is 7.52. The maximum atomic E-state index is 12.5. The molecule has 7 heteroatoms. The van der Waals surface area contributed by atoms with Crippen molar-refractivity contribution in [3.05, 3.63) is 29.8 Å². The van der Waals surface area contributed by atoms with E-state index in [0.29, 0.717) is 13.2 Å². The van der Waals surface area contributed by atoms with Crippen LogP contribution >= 0.6 is 0 Å². The predicted molar refractivity (Wildman–Crippen MR) is 94.6 cm³/mol. The van der Waals surface area contributed by atoms with Crippen LogP contribution in [0.4, 0.5) is 5.69 Å². The number of nitrogens with zero attached hydrogens (tertiary/aromatic N) is 1. The summed E-state index contributed by atoms with van der Waals surface area (Å²) in [5.41, 5.74) is 1.79. The number of carbonyl (C=O) groups is 1. The highest BCUT2D eigenvalue weighted by Gasteiger charge is 2.28. The number of sulfonamides is 1. The number of hydrogen-bond acceptors (Lipinski definition) is 4. The van der Waals surface area contributed by atoms with Crippen LogP contribution in [-0.2, 0) is 26.0 Å². The van der Waals surface area contributed by atoms with Gasteiger partial charge in [0.2, 0.25) is 15.9 Å². The smallest absolute Gasteiger partial charge is 0.248 e. The molecule has 0 spiro atoms. The van der Waals surface area contributed by atoms with E-state index in [0.717, 1.165) is 30.5 Å². The van der Waals surface area contributed by atoms with E-state index in [1.54, 1.807) is 6.92 Å². The number of para-hydroxylation sites is 1. The molecule has 1 aromatic carbocycles. The van der Waals surface area contributed by atoms with Gasteiger partial charge in [0.15, 0.2) is 0 Å². The fourth-order valence-corrected chi connectivity index (χ4v) is 4.06. The zero-order valence-electron chi connectivity index (χ0n) is 14.3. The van der Waals surface area contributed by atoms with Crippen LogP contribution in [0.5, 0.6) is 0 Å². The summed E-state index contributed by atoms with van der Waals surface area (Å²) < 4.78 is 31.8. The van der Waals surface area contributed by atoms with Crippen molar-refractivity contribution < 1.29 is 17.9 Å². The van der Waals surface area contributed by atoms with Crippen LogP contribution in [0.25, 0.3) is 0 Å². The van der Waals surface area contributed by atoms with Crippen molar-refractivity contribution in [3.63, 3.8) is 0 Å². The second-order valence-corrected chi connectivity index (χ2v) is 7.94. The lowest BCUT2D eigenvalue weighted by molar-refractivity contribution is -0.131. The molecule has 0 saturated carbocycles. The summed E-state index contributed by atoms with van der Waals surface area (Å²) in [7, 11) is -3.44. The molecule has 1 N–H and O–H groups in total. The molecule has 6 nitrogen and oxygen atoms in total. The molecule has 0 aromatic heterocycles. The lowest BCUT2D eigenvalue weighted by Gasteiger charge is -2.20. The van der Waals surface area contributed by atoms with Gasteiger partial charge < -0.3 is 10.1 Å². The molecule has 0 fully saturated rings. The topological polar surface area (TPSA) is 75.7 Å². The molecule has 0 radical (unpaired) electrons. The molecule has 1 aliphatic rings. The number of amides is 1. The Morgan fingerprint density at radius 3 is 2.88 bits per heavy atom. The van der Waals surface area contributed by atoms with E-state index in [1.807, 2.05) is 24.3 Å². The van der Waals surface area contributed by atoms with Crippen LogP contribution in [0.15, 0.2) is 24.3 Å².